The Labute approximate surface area is 186 Å². The number of hydrogen-bond donors (Lipinski definition) is 1. The van der Waals surface area contributed by atoms with Crippen LogP contribution in [0.1, 0.15) is 62.1 Å². The van der Waals surface area contributed by atoms with Gasteiger partial charge in [-0.2, -0.15) is 0 Å². The van der Waals surface area contributed by atoms with Crippen LogP contribution in [0.25, 0.3) is 0 Å². The number of aryl methyl sites for hydroxylation is 2. The van der Waals surface area contributed by atoms with Crippen molar-refractivity contribution in [2.24, 2.45) is 0 Å². The van der Waals surface area contributed by atoms with Gasteiger partial charge in [-0.05, 0) is 73.8 Å². The molecular formula is C26H36N2O3. The Morgan fingerprint density at radius 2 is 1.90 bits per heavy atom. The van der Waals surface area contributed by atoms with Crippen LogP contribution in [0.4, 0.5) is 10.5 Å². The summed E-state index contributed by atoms with van der Waals surface area (Å²) in [5.41, 5.74) is 4.46. The lowest BCUT2D eigenvalue weighted by Crippen LogP contribution is -2.46. The largest absolute Gasteiger partial charge is 0.493 e. The van der Waals surface area contributed by atoms with E-state index in [1.807, 2.05) is 17.0 Å². The molecule has 1 saturated heterocycles. The first-order valence-corrected chi connectivity index (χ1v) is 11.3. The number of ether oxygens (including phenoxy) is 2. The van der Waals surface area contributed by atoms with Crippen molar-refractivity contribution in [2.75, 3.05) is 26.1 Å². The first-order valence-electron chi connectivity index (χ1n) is 11.3. The molecule has 1 aliphatic heterocycles. The smallest absolute Gasteiger partial charge is 0.322 e. The second-order valence-electron chi connectivity index (χ2n) is 8.70. The highest BCUT2D eigenvalue weighted by atomic mass is 16.5. The van der Waals surface area contributed by atoms with Gasteiger partial charge in [-0.3, -0.25) is 0 Å². The summed E-state index contributed by atoms with van der Waals surface area (Å²) < 4.78 is 10.8. The van der Waals surface area contributed by atoms with Crippen LogP contribution in [-0.2, 0) is 6.42 Å². The number of likely N-dealkylation sites (tertiary alicyclic amines) is 1. The number of carbonyl (C=O) groups is 1. The molecule has 1 fully saturated rings. The van der Waals surface area contributed by atoms with Gasteiger partial charge in [-0.25, -0.2) is 4.79 Å². The number of para-hydroxylation sites is 1. The number of piperidine rings is 1. The number of hydrogen-bond acceptors (Lipinski definition) is 3. The van der Waals surface area contributed by atoms with Crippen molar-refractivity contribution >= 4 is 11.7 Å². The maximum atomic E-state index is 13.3. The van der Waals surface area contributed by atoms with Crippen LogP contribution >= 0.6 is 0 Å². The average Bonchev–Trinajstić information content (AvgIpc) is 2.78. The summed E-state index contributed by atoms with van der Waals surface area (Å²) in [7, 11) is 3.31. The van der Waals surface area contributed by atoms with Gasteiger partial charge in [0.2, 0.25) is 0 Å². The van der Waals surface area contributed by atoms with Crippen molar-refractivity contribution in [3.63, 3.8) is 0 Å². The molecule has 0 aromatic heterocycles. The van der Waals surface area contributed by atoms with Gasteiger partial charge < -0.3 is 19.7 Å². The maximum Gasteiger partial charge on any atom is 0.322 e. The highest BCUT2D eigenvalue weighted by molar-refractivity contribution is 5.91. The van der Waals surface area contributed by atoms with Gasteiger partial charge >= 0.3 is 6.03 Å². The molecule has 2 amide bonds. The van der Waals surface area contributed by atoms with Crippen molar-refractivity contribution in [1.29, 1.82) is 0 Å². The first-order chi connectivity index (χ1) is 14.9. The normalized spacial score (nSPS) is 16.3. The number of carbonyl (C=O) groups excluding carboxylic acids is 1. The van der Waals surface area contributed by atoms with E-state index in [0.29, 0.717) is 5.92 Å². The van der Waals surface area contributed by atoms with Crippen molar-refractivity contribution in [3.8, 4) is 11.5 Å². The highest BCUT2D eigenvalue weighted by Crippen LogP contribution is 2.31. The summed E-state index contributed by atoms with van der Waals surface area (Å²) in [6, 6.07) is 12.6. The lowest BCUT2D eigenvalue weighted by atomic mass is 9.95. The molecule has 1 atom stereocenters. The number of urea groups is 1. The van der Waals surface area contributed by atoms with Gasteiger partial charge in [-0.1, -0.05) is 38.1 Å². The molecule has 1 aliphatic rings. The number of nitrogens with one attached hydrogen (secondary N) is 1. The topological polar surface area (TPSA) is 50.8 Å². The minimum absolute atomic E-state index is 0.0215. The second-order valence-corrected chi connectivity index (χ2v) is 8.70. The van der Waals surface area contributed by atoms with E-state index in [9.17, 15) is 4.79 Å². The molecule has 5 heteroatoms. The standard InChI is InChI=1S/C26H36N2O3/c1-18(2)22-11-8-9-19(3)25(22)27-26(29)28-16-7-6-10-21(28)14-12-20-13-15-23(30-4)24(17-20)31-5/h8-9,11,13,15,17-18,21H,6-7,10,12,14,16H2,1-5H3,(H,27,29)/t21-/m0/s1. The fraction of sp³-hybridized carbons (Fsp3) is 0.500. The Morgan fingerprint density at radius 1 is 1.13 bits per heavy atom. The van der Waals surface area contributed by atoms with Crippen LogP contribution in [0.3, 0.4) is 0 Å². The predicted molar refractivity (Wildman–Crippen MR) is 126 cm³/mol. The van der Waals surface area contributed by atoms with Crippen molar-refractivity contribution < 1.29 is 14.3 Å². The van der Waals surface area contributed by atoms with Crippen molar-refractivity contribution in [1.82, 2.24) is 4.90 Å². The molecule has 2 aromatic carbocycles. The second kappa shape index (κ2) is 10.6. The van der Waals surface area contributed by atoms with Crippen molar-refractivity contribution in [3.05, 3.63) is 53.1 Å². The fourth-order valence-corrected chi connectivity index (χ4v) is 4.46. The highest BCUT2D eigenvalue weighted by Gasteiger charge is 2.27. The quantitative estimate of drug-likeness (QED) is 0.579. The number of anilines is 1. The number of benzene rings is 2. The van der Waals surface area contributed by atoms with Gasteiger partial charge in [-0.15, -0.1) is 0 Å². The van der Waals surface area contributed by atoms with Gasteiger partial charge in [0.25, 0.3) is 0 Å². The lowest BCUT2D eigenvalue weighted by Gasteiger charge is -2.36. The average molecular weight is 425 g/mol. The van der Waals surface area contributed by atoms with E-state index in [0.717, 1.165) is 55.0 Å². The van der Waals surface area contributed by atoms with Gasteiger partial charge in [0.1, 0.15) is 0 Å². The third-order valence-corrected chi connectivity index (χ3v) is 6.26. The molecule has 31 heavy (non-hydrogen) atoms. The third kappa shape index (κ3) is 5.52. The zero-order valence-corrected chi connectivity index (χ0v) is 19.5. The van der Waals surface area contributed by atoms with E-state index in [2.05, 4.69) is 50.4 Å². The molecule has 0 bridgehead atoms. The Hall–Kier alpha value is -2.69. The number of rotatable bonds is 7. The predicted octanol–water partition coefficient (Wildman–Crippen LogP) is 6.15. The minimum Gasteiger partial charge on any atom is -0.493 e. The van der Waals surface area contributed by atoms with Crippen LogP contribution in [-0.4, -0.2) is 37.7 Å². The zero-order chi connectivity index (χ0) is 22.4. The van der Waals surface area contributed by atoms with Crippen molar-refractivity contribution in [2.45, 2.75) is 64.8 Å². The fourth-order valence-electron chi connectivity index (χ4n) is 4.46. The van der Waals surface area contributed by atoms with Crippen LogP contribution in [0.15, 0.2) is 36.4 Å². The minimum atomic E-state index is 0.0215. The van der Waals surface area contributed by atoms with E-state index < -0.39 is 0 Å². The van der Waals surface area contributed by atoms with Gasteiger partial charge in [0.15, 0.2) is 11.5 Å². The molecule has 2 aromatic rings. The SMILES string of the molecule is COc1ccc(CC[C@@H]2CCCCN2C(=O)Nc2c(C)cccc2C(C)C)cc1OC. The summed E-state index contributed by atoms with van der Waals surface area (Å²) in [5.74, 6) is 1.85. The maximum absolute atomic E-state index is 13.3. The van der Waals surface area contributed by atoms with Gasteiger partial charge in [0.05, 0.1) is 14.2 Å². The molecule has 1 N–H and O–H groups in total. The molecule has 3 rings (SSSR count). The van der Waals surface area contributed by atoms with E-state index >= 15 is 0 Å². The summed E-state index contributed by atoms with van der Waals surface area (Å²) in [4.78, 5) is 15.3. The molecular weight excluding hydrogens is 388 g/mol. The van der Waals surface area contributed by atoms with E-state index in [-0.39, 0.29) is 12.1 Å². The Kier molecular flexibility index (Phi) is 7.83. The zero-order valence-electron chi connectivity index (χ0n) is 19.5. The van der Waals surface area contributed by atoms with E-state index in [4.69, 9.17) is 9.47 Å². The van der Waals surface area contributed by atoms with Crippen LogP contribution in [0.2, 0.25) is 0 Å². The van der Waals surface area contributed by atoms with Crippen LogP contribution < -0.4 is 14.8 Å². The lowest BCUT2D eigenvalue weighted by molar-refractivity contribution is 0.158. The Bertz CT molecular complexity index is 894. The molecule has 0 unspecified atom stereocenters. The summed E-state index contributed by atoms with van der Waals surface area (Å²) in [5, 5.41) is 3.24. The Balaban J connectivity index is 1.70. The monoisotopic (exact) mass is 424 g/mol. The molecule has 0 saturated carbocycles. The van der Waals surface area contributed by atoms with Crippen LogP contribution in [0, 0.1) is 6.92 Å². The van der Waals surface area contributed by atoms with Gasteiger partial charge in [0, 0.05) is 18.3 Å². The summed E-state index contributed by atoms with van der Waals surface area (Å²) in [6.07, 6.45) is 5.11. The number of nitrogens with zero attached hydrogens (tertiary/aromatic N) is 1. The molecule has 0 radical (unpaired) electrons. The molecule has 0 spiro atoms. The van der Waals surface area contributed by atoms with Crippen LogP contribution in [0.5, 0.6) is 11.5 Å². The number of amides is 2. The third-order valence-electron chi connectivity index (χ3n) is 6.26. The Morgan fingerprint density at radius 3 is 2.61 bits per heavy atom. The summed E-state index contributed by atoms with van der Waals surface area (Å²) in [6.45, 7) is 7.20. The molecule has 168 valence electrons. The number of methoxy groups -OCH3 is 2. The molecule has 0 aliphatic carbocycles. The van der Waals surface area contributed by atoms with E-state index in [1.54, 1.807) is 14.2 Å². The first kappa shape index (κ1) is 23.0. The molecule has 5 nitrogen and oxygen atoms in total. The summed E-state index contributed by atoms with van der Waals surface area (Å²) >= 11 is 0. The molecule has 1 heterocycles. The van der Waals surface area contributed by atoms with E-state index in [1.165, 1.54) is 17.5 Å².